The number of alkyl halides is 1. The summed E-state index contributed by atoms with van der Waals surface area (Å²) in [6.07, 6.45) is 1.31. The van der Waals surface area contributed by atoms with Gasteiger partial charge in [-0.25, -0.2) is 0 Å². The summed E-state index contributed by atoms with van der Waals surface area (Å²) in [5, 5.41) is 0. The standard InChI is InChI=1S/C5H10BrNO/c1-4(6)2-3-5(7)8/h4H,2-3H2,1H3,(H2,7,8). The Morgan fingerprint density at radius 1 is 1.88 bits per heavy atom. The number of rotatable bonds is 3. The van der Waals surface area contributed by atoms with Gasteiger partial charge in [-0.15, -0.1) is 0 Å². The van der Waals surface area contributed by atoms with Gasteiger partial charge in [-0.1, -0.05) is 22.9 Å². The molecule has 0 aromatic rings. The summed E-state index contributed by atoms with van der Waals surface area (Å²) in [5.74, 6) is -0.226. The zero-order chi connectivity index (χ0) is 6.57. The molecule has 1 unspecified atom stereocenters. The highest BCUT2D eigenvalue weighted by molar-refractivity contribution is 9.09. The molecular weight excluding hydrogens is 170 g/mol. The smallest absolute Gasteiger partial charge is 0.217 e. The largest absolute Gasteiger partial charge is 0.370 e. The molecule has 0 bridgehead atoms. The second kappa shape index (κ2) is 3.89. The lowest BCUT2D eigenvalue weighted by atomic mass is 10.2. The van der Waals surface area contributed by atoms with E-state index in [2.05, 4.69) is 15.9 Å². The highest BCUT2D eigenvalue weighted by Gasteiger charge is 1.97. The Hall–Kier alpha value is -0.0500. The molecule has 0 aliphatic heterocycles. The van der Waals surface area contributed by atoms with Crippen molar-refractivity contribution in [3.05, 3.63) is 0 Å². The maximum absolute atomic E-state index is 10.1. The van der Waals surface area contributed by atoms with Crippen LogP contribution >= 0.6 is 15.9 Å². The number of primary amides is 1. The molecule has 0 aromatic carbocycles. The molecule has 0 heterocycles. The molecule has 0 saturated heterocycles. The van der Waals surface area contributed by atoms with E-state index in [0.29, 0.717) is 11.2 Å². The second-order valence-electron chi connectivity index (χ2n) is 1.79. The van der Waals surface area contributed by atoms with Gasteiger partial charge >= 0.3 is 0 Å². The lowest BCUT2D eigenvalue weighted by Gasteiger charge is -1.96. The Morgan fingerprint density at radius 2 is 2.38 bits per heavy atom. The number of amides is 1. The van der Waals surface area contributed by atoms with Crippen molar-refractivity contribution in [2.24, 2.45) is 5.73 Å². The Balaban J connectivity index is 3.05. The topological polar surface area (TPSA) is 43.1 Å². The van der Waals surface area contributed by atoms with Gasteiger partial charge in [0.1, 0.15) is 0 Å². The molecule has 8 heavy (non-hydrogen) atoms. The van der Waals surface area contributed by atoms with Crippen molar-refractivity contribution < 1.29 is 4.79 Å². The van der Waals surface area contributed by atoms with Gasteiger partial charge in [0.15, 0.2) is 0 Å². The third-order valence-electron chi connectivity index (χ3n) is 0.789. The number of carbonyl (C=O) groups is 1. The van der Waals surface area contributed by atoms with Crippen LogP contribution in [-0.2, 0) is 4.79 Å². The van der Waals surface area contributed by atoms with E-state index in [1.807, 2.05) is 6.92 Å². The molecule has 1 amide bonds. The monoisotopic (exact) mass is 179 g/mol. The van der Waals surface area contributed by atoms with Gasteiger partial charge < -0.3 is 5.73 Å². The maximum Gasteiger partial charge on any atom is 0.217 e. The summed E-state index contributed by atoms with van der Waals surface area (Å²) in [4.78, 5) is 10.5. The average Bonchev–Trinajstić information content (AvgIpc) is 1.61. The fourth-order valence-electron chi connectivity index (χ4n) is 0.341. The van der Waals surface area contributed by atoms with E-state index in [4.69, 9.17) is 5.73 Å². The van der Waals surface area contributed by atoms with Crippen molar-refractivity contribution in [3.63, 3.8) is 0 Å². The fourth-order valence-corrected chi connectivity index (χ4v) is 0.570. The summed E-state index contributed by atoms with van der Waals surface area (Å²) < 4.78 is 0. The molecule has 2 N–H and O–H groups in total. The quantitative estimate of drug-likeness (QED) is 0.647. The van der Waals surface area contributed by atoms with Crippen LogP contribution in [0.15, 0.2) is 0 Å². The molecule has 48 valence electrons. The van der Waals surface area contributed by atoms with Crippen LogP contribution in [0.4, 0.5) is 0 Å². The highest BCUT2D eigenvalue weighted by atomic mass is 79.9. The predicted molar refractivity (Wildman–Crippen MR) is 36.8 cm³/mol. The van der Waals surface area contributed by atoms with Crippen LogP contribution in [0.1, 0.15) is 19.8 Å². The van der Waals surface area contributed by atoms with Crippen molar-refractivity contribution in [2.75, 3.05) is 0 Å². The number of halogens is 1. The van der Waals surface area contributed by atoms with Crippen molar-refractivity contribution in [1.82, 2.24) is 0 Å². The maximum atomic E-state index is 10.1. The van der Waals surface area contributed by atoms with Gasteiger partial charge in [0.05, 0.1) is 0 Å². The van der Waals surface area contributed by atoms with Gasteiger partial charge in [-0.3, -0.25) is 4.79 Å². The first-order valence-electron chi connectivity index (χ1n) is 2.55. The second-order valence-corrected chi connectivity index (χ2v) is 3.35. The zero-order valence-corrected chi connectivity index (χ0v) is 6.44. The molecule has 1 atom stereocenters. The van der Waals surface area contributed by atoms with Gasteiger partial charge in [0, 0.05) is 11.2 Å². The first-order chi connectivity index (χ1) is 3.63. The minimum atomic E-state index is -0.226. The molecule has 0 spiro atoms. The Labute approximate surface area is 57.6 Å². The van der Waals surface area contributed by atoms with Crippen LogP contribution < -0.4 is 5.73 Å². The summed E-state index contributed by atoms with van der Waals surface area (Å²) in [7, 11) is 0. The van der Waals surface area contributed by atoms with Crippen molar-refractivity contribution in [2.45, 2.75) is 24.6 Å². The molecule has 3 heteroatoms. The number of hydrogen-bond donors (Lipinski definition) is 1. The van der Waals surface area contributed by atoms with Gasteiger partial charge in [0.2, 0.25) is 5.91 Å². The van der Waals surface area contributed by atoms with Crippen molar-refractivity contribution in [3.8, 4) is 0 Å². The van der Waals surface area contributed by atoms with E-state index in [-0.39, 0.29) is 5.91 Å². The third kappa shape index (κ3) is 5.95. The van der Waals surface area contributed by atoms with Crippen molar-refractivity contribution in [1.29, 1.82) is 0 Å². The number of nitrogens with two attached hydrogens (primary N) is 1. The van der Waals surface area contributed by atoms with Crippen molar-refractivity contribution >= 4 is 21.8 Å². The van der Waals surface area contributed by atoms with Crippen LogP contribution in [0.5, 0.6) is 0 Å². The summed E-state index contributed by atoms with van der Waals surface area (Å²) >= 11 is 3.30. The molecule has 0 aliphatic rings. The lowest BCUT2D eigenvalue weighted by molar-refractivity contribution is -0.118. The Kier molecular flexibility index (Phi) is 3.87. The minimum absolute atomic E-state index is 0.226. The first-order valence-corrected chi connectivity index (χ1v) is 3.47. The van der Waals surface area contributed by atoms with Gasteiger partial charge in [-0.05, 0) is 6.42 Å². The third-order valence-corrected chi connectivity index (χ3v) is 1.25. The highest BCUT2D eigenvalue weighted by Crippen LogP contribution is 2.04. The lowest BCUT2D eigenvalue weighted by Crippen LogP contribution is -2.11. The molecule has 0 rings (SSSR count). The summed E-state index contributed by atoms with van der Waals surface area (Å²) in [6.45, 7) is 1.99. The van der Waals surface area contributed by atoms with Crippen LogP contribution in [-0.4, -0.2) is 10.7 Å². The molecule has 0 fully saturated rings. The molecule has 0 radical (unpaired) electrons. The number of carbonyl (C=O) groups excluding carboxylic acids is 1. The van der Waals surface area contributed by atoms with E-state index in [1.54, 1.807) is 0 Å². The fraction of sp³-hybridized carbons (Fsp3) is 0.800. The number of hydrogen-bond acceptors (Lipinski definition) is 1. The van der Waals surface area contributed by atoms with Gasteiger partial charge in [-0.2, -0.15) is 0 Å². The average molecular weight is 180 g/mol. The van der Waals surface area contributed by atoms with Gasteiger partial charge in [0.25, 0.3) is 0 Å². The van der Waals surface area contributed by atoms with E-state index >= 15 is 0 Å². The van der Waals surface area contributed by atoms with E-state index in [1.165, 1.54) is 0 Å². The van der Waals surface area contributed by atoms with E-state index in [0.717, 1.165) is 6.42 Å². The van der Waals surface area contributed by atoms with E-state index < -0.39 is 0 Å². The predicted octanol–water partition coefficient (Wildman–Crippen LogP) is 1.04. The molecule has 0 aromatic heterocycles. The minimum Gasteiger partial charge on any atom is -0.370 e. The van der Waals surface area contributed by atoms with E-state index in [9.17, 15) is 4.79 Å². The van der Waals surface area contributed by atoms with Crippen LogP contribution in [0.2, 0.25) is 0 Å². The Morgan fingerprint density at radius 3 is 2.50 bits per heavy atom. The van der Waals surface area contributed by atoms with Crippen LogP contribution in [0.25, 0.3) is 0 Å². The summed E-state index contributed by atoms with van der Waals surface area (Å²) in [5.41, 5.74) is 4.88. The first kappa shape index (κ1) is 7.95. The zero-order valence-electron chi connectivity index (χ0n) is 4.86. The van der Waals surface area contributed by atoms with Crippen LogP contribution in [0.3, 0.4) is 0 Å². The SMILES string of the molecule is CC(Br)CCC(N)=O. The van der Waals surface area contributed by atoms with Crippen LogP contribution in [0, 0.1) is 0 Å². The molecular formula is C5H10BrNO. The summed E-state index contributed by atoms with van der Waals surface area (Å²) in [6, 6.07) is 0. The molecule has 2 nitrogen and oxygen atoms in total. The normalized spacial score (nSPS) is 13.2. The Bertz CT molecular complexity index is 82.5. The molecule has 0 saturated carbocycles. The molecule has 0 aliphatic carbocycles.